The number of carboxylic acids is 1. The summed E-state index contributed by atoms with van der Waals surface area (Å²) in [5, 5.41) is 10.9. The van der Waals surface area contributed by atoms with Gasteiger partial charge >= 0.3 is 0 Å². The molecule has 0 aliphatic rings. The van der Waals surface area contributed by atoms with Crippen molar-refractivity contribution in [1.29, 1.82) is 0 Å². The Labute approximate surface area is 129 Å². The Bertz CT molecular complexity index is 338. The molecule has 0 saturated heterocycles. The first-order valence-corrected chi connectivity index (χ1v) is 7.97. The Morgan fingerprint density at radius 3 is 2.43 bits per heavy atom. The molecule has 0 radical (unpaired) electrons. The molecule has 0 spiro atoms. The molecule has 0 saturated carbocycles. The Hall–Kier alpha value is -1.42. The number of aromatic nitrogens is 1. The monoisotopic (exact) mass is 294 g/mol. The van der Waals surface area contributed by atoms with Crippen LogP contribution in [0.1, 0.15) is 58.1 Å². The zero-order valence-corrected chi connectivity index (χ0v) is 13.5. The van der Waals surface area contributed by atoms with E-state index in [2.05, 4.69) is 29.4 Å². The van der Waals surface area contributed by atoms with Crippen molar-refractivity contribution in [3.05, 3.63) is 30.1 Å². The second-order valence-electron chi connectivity index (χ2n) is 5.11. The molecule has 0 aliphatic heterocycles. The molecule has 1 rings (SSSR count). The fourth-order valence-corrected chi connectivity index (χ4v) is 1.92. The van der Waals surface area contributed by atoms with Gasteiger partial charge in [-0.2, -0.15) is 0 Å². The SMILES string of the molecule is CC(=O)O.CCCCCCCCNCCc1ccccn1. The Balaban J connectivity index is 0.000000885. The maximum absolute atomic E-state index is 9.00. The van der Waals surface area contributed by atoms with E-state index in [0.717, 1.165) is 26.4 Å². The highest BCUT2D eigenvalue weighted by molar-refractivity contribution is 5.62. The van der Waals surface area contributed by atoms with Gasteiger partial charge < -0.3 is 10.4 Å². The zero-order valence-electron chi connectivity index (χ0n) is 13.5. The topological polar surface area (TPSA) is 62.2 Å². The molecule has 4 heteroatoms. The Morgan fingerprint density at radius 1 is 1.14 bits per heavy atom. The number of carbonyl (C=O) groups is 1. The predicted molar refractivity (Wildman–Crippen MR) is 87.5 cm³/mol. The summed E-state index contributed by atoms with van der Waals surface area (Å²) in [4.78, 5) is 13.3. The number of nitrogens with zero attached hydrogens (tertiary/aromatic N) is 1. The van der Waals surface area contributed by atoms with Gasteiger partial charge in [0.2, 0.25) is 0 Å². The largest absolute Gasteiger partial charge is 0.481 e. The molecule has 0 atom stereocenters. The fraction of sp³-hybridized carbons (Fsp3) is 0.647. The first-order chi connectivity index (χ1) is 10.2. The van der Waals surface area contributed by atoms with Crippen LogP contribution in [0, 0.1) is 0 Å². The van der Waals surface area contributed by atoms with E-state index in [1.165, 1.54) is 44.2 Å². The Morgan fingerprint density at radius 2 is 1.81 bits per heavy atom. The van der Waals surface area contributed by atoms with Crippen LogP contribution in [0.3, 0.4) is 0 Å². The zero-order chi connectivity index (χ0) is 15.8. The fourth-order valence-electron chi connectivity index (χ4n) is 1.92. The third kappa shape index (κ3) is 16.5. The average molecular weight is 294 g/mol. The third-order valence-corrected chi connectivity index (χ3v) is 2.99. The number of pyridine rings is 1. The van der Waals surface area contributed by atoms with E-state index in [-0.39, 0.29) is 0 Å². The lowest BCUT2D eigenvalue weighted by molar-refractivity contribution is -0.134. The van der Waals surface area contributed by atoms with Crippen LogP contribution in [0.25, 0.3) is 0 Å². The summed E-state index contributed by atoms with van der Waals surface area (Å²) in [6, 6.07) is 6.11. The highest BCUT2D eigenvalue weighted by atomic mass is 16.4. The van der Waals surface area contributed by atoms with E-state index in [9.17, 15) is 0 Å². The van der Waals surface area contributed by atoms with Gasteiger partial charge in [-0.15, -0.1) is 0 Å². The van der Waals surface area contributed by atoms with Crippen molar-refractivity contribution in [2.24, 2.45) is 0 Å². The molecule has 21 heavy (non-hydrogen) atoms. The molecule has 0 fully saturated rings. The summed E-state index contributed by atoms with van der Waals surface area (Å²) < 4.78 is 0. The summed E-state index contributed by atoms with van der Waals surface area (Å²) in [6.45, 7) is 5.55. The molecule has 0 aromatic carbocycles. The van der Waals surface area contributed by atoms with Crippen LogP contribution >= 0.6 is 0 Å². The molecule has 1 aromatic rings. The number of hydrogen-bond acceptors (Lipinski definition) is 3. The molecule has 0 amide bonds. The van der Waals surface area contributed by atoms with Gasteiger partial charge in [0.05, 0.1) is 0 Å². The normalized spacial score (nSPS) is 9.81. The Kier molecular flexibility index (Phi) is 14.0. The lowest BCUT2D eigenvalue weighted by atomic mass is 10.1. The van der Waals surface area contributed by atoms with Crippen molar-refractivity contribution in [3.8, 4) is 0 Å². The van der Waals surface area contributed by atoms with Gasteiger partial charge in [-0.25, -0.2) is 0 Å². The quantitative estimate of drug-likeness (QED) is 0.646. The van der Waals surface area contributed by atoms with Crippen LogP contribution in [0.15, 0.2) is 24.4 Å². The summed E-state index contributed by atoms with van der Waals surface area (Å²) >= 11 is 0. The van der Waals surface area contributed by atoms with Gasteiger partial charge in [0, 0.05) is 31.8 Å². The van der Waals surface area contributed by atoms with Crippen molar-refractivity contribution in [2.45, 2.75) is 58.8 Å². The van der Waals surface area contributed by atoms with Crippen molar-refractivity contribution < 1.29 is 9.90 Å². The van der Waals surface area contributed by atoms with Crippen molar-refractivity contribution >= 4 is 5.97 Å². The van der Waals surface area contributed by atoms with Gasteiger partial charge in [0.15, 0.2) is 0 Å². The van der Waals surface area contributed by atoms with Gasteiger partial charge in [0.1, 0.15) is 0 Å². The molecule has 1 aromatic heterocycles. The molecular formula is C17H30N2O2. The average Bonchev–Trinajstić information content (AvgIpc) is 2.46. The first kappa shape index (κ1) is 19.6. The van der Waals surface area contributed by atoms with E-state index in [4.69, 9.17) is 9.90 Å². The number of aliphatic carboxylic acids is 1. The molecule has 0 aliphatic carbocycles. The van der Waals surface area contributed by atoms with Crippen molar-refractivity contribution in [3.63, 3.8) is 0 Å². The lowest BCUT2D eigenvalue weighted by Crippen LogP contribution is -2.18. The minimum absolute atomic E-state index is 0.833. The van der Waals surface area contributed by atoms with Crippen molar-refractivity contribution in [1.82, 2.24) is 10.3 Å². The minimum Gasteiger partial charge on any atom is -0.481 e. The van der Waals surface area contributed by atoms with Crippen LogP contribution in [-0.4, -0.2) is 29.1 Å². The van der Waals surface area contributed by atoms with Crippen LogP contribution in [0.5, 0.6) is 0 Å². The summed E-state index contributed by atoms with van der Waals surface area (Å²) in [6.07, 6.45) is 11.1. The van der Waals surface area contributed by atoms with E-state index in [1.54, 1.807) is 0 Å². The molecule has 4 nitrogen and oxygen atoms in total. The summed E-state index contributed by atoms with van der Waals surface area (Å²) in [5.74, 6) is -0.833. The summed E-state index contributed by atoms with van der Waals surface area (Å²) in [7, 11) is 0. The van der Waals surface area contributed by atoms with E-state index in [0.29, 0.717) is 0 Å². The van der Waals surface area contributed by atoms with E-state index in [1.807, 2.05) is 12.3 Å². The maximum atomic E-state index is 9.00. The van der Waals surface area contributed by atoms with Gasteiger partial charge in [-0.3, -0.25) is 9.78 Å². The third-order valence-electron chi connectivity index (χ3n) is 2.99. The van der Waals surface area contributed by atoms with Gasteiger partial charge in [-0.05, 0) is 25.1 Å². The van der Waals surface area contributed by atoms with E-state index >= 15 is 0 Å². The number of unbranched alkanes of at least 4 members (excludes halogenated alkanes) is 5. The highest BCUT2D eigenvalue weighted by Gasteiger charge is 1.93. The molecule has 0 bridgehead atoms. The molecule has 2 N–H and O–H groups in total. The summed E-state index contributed by atoms with van der Waals surface area (Å²) in [5.41, 5.74) is 1.18. The molecule has 120 valence electrons. The maximum Gasteiger partial charge on any atom is 0.300 e. The smallest absolute Gasteiger partial charge is 0.300 e. The van der Waals surface area contributed by atoms with Gasteiger partial charge in [0.25, 0.3) is 5.97 Å². The molecule has 0 unspecified atom stereocenters. The van der Waals surface area contributed by atoms with Gasteiger partial charge in [-0.1, -0.05) is 45.1 Å². The highest BCUT2D eigenvalue weighted by Crippen LogP contribution is 2.04. The van der Waals surface area contributed by atoms with Crippen LogP contribution in [-0.2, 0) is 11.2 Å². The van der Waals surface area contributed by atoms with Crippen LogP contribution in [0.4, 0.5) is 0 Å². The standard InChI is InChI=1S/C15H26N2.C2H4O2/c1-2-3-4-5-6-8-12-16-14-11-15-10-7-9-13-17-15;1-2(3)4/h7,9-10,13,16H,2-6,8,11-12,14H2,1H3;1H3,(H,3,4). The van der Waals surface area contributed by atoms with Crippen LogP contribution in [0.2, 0.25) is 0 Å². The predicted octanol–water partition coefficient (Wildman–Crippen LogP) is 3.67. The van der Waals surface area contributed by atoms with Crippen molar-refractivity contribution in [2.75, 3.05) is 13.1 Å². The lowest BCUT2D eigenvalue weighted by Gasteiger charge is -2.04. The second-order valence-corrected chi connectivity index (χ2v) is 5.11. The molecule has 1 heterocycles. The van der Waals surface area contributed by atoms with Crippen LogP contribution < -0.4 is 5.32 Å². The second kappa shape index (κ2) is 15.0. The number of nitrogens with one attached hydrogen (secondary N) is 1. The molecular weight excluding hydrogens is 264 g/mol. The van der Waals surface area contributed by atoms with E-state index < -0.39 is 5.97 Å². The number of rotatable bonds is 10. The minimum atomic E-state index is -0.833. The number of hydrogen-bond donors (Lipinski definition) is 2. The number of carboxylic acid groups (broad SMARTS) is 1. The first-order valence-electron chi connectivity index (χ1n) is 7.97.